The molecular formula is C20H22N2O2. The van der Waals surface area contributed by atoms with Crippen molar-refractivity contribution in [3.8, 4) is 17.6 Å². The smallest absolute Gasteiger partial charge is 0.127 e. The lowest BCUT2D eigenvalue weighted by Gasteiger charge is -2.26. The summed E-state index contributed by atoms with van der Waals surface area (Å²) in [4.78, 5) is 2.46. The summed E-state index contributed by atoms with van der Waals surface area (Å²) in [6.07, 6.45) is 2.28. The van der Waals surface area contributed by atoms with E-state index >= 15 is 0 Å². The van der Waals surface area contributed by atoms with Crippen molar-refractivity contribution < 1.29 is 9.47 Å². The predicted molar refractivity (Wildman–Crippen MR) is 93.1 cm³/mol. The molecule has 0 aliphatic carbocycles. The molecule has 0 saturated carbocycles. The average Bonchev–Trinajstić information content (AvgIpc) is 3.09. The van der Waals surface area contributed by atoms with Crippen LogP contribution in [0.2, 0.25) is 0 Å². The number of hydrogen-bond donors (Lipinski definition) is 0. The summed E-state index contributed by atoms with van der Waals surface area (Å²) in [7, 11) is 3.37. The first kappa shape index (κ1) is 16.4. The Bertz CT molecular complexity index is 752. The minimum Gasteiger partial charge on any atom is -0.497 e. The molecule has 1 heterocycles. The van der Waals surface area contributed by atoms with Crippen LogP contribution in [0.4, 0.5) is 0 Å². The first-order chi connectivity index (χ1) is 11.7. The van der Waals surface area contributed by atoms with E-state index in [-0.39, 0.29) is 0 Å². The number of hydrogen-bond acceptors (Lipinski definition) is 4. The van der Waals surface area contributed by atoms with Crippen molar-refractivity contribution in [3.63, 3.8) is 0 Å². The van der Waals surface area contributed by atoms with Crippen molar-refractivity contribution in [1.82, 2.24) is 4.90 Å². The third-order valence-electron chi connectivity index (χ3n) is 4.61. The average molecular weight is 322 g/mol. The Balaban J connectivity index is 1.84. The predicted octanol–water partition coefficient (Wildman–Crippen LogP) is 3.91. The molecule has 3 rings (SSSR count). The van der Waals surface area contributed by atoms with Crippen molar-refractivity contribution in [2.75, 3.05) is 20.8 Å². The van der Waals surface area contributed by atoms with Gasteiger partial charge in [0.25, 0.3) is 0 Å². The lowest BCUT2D eigenvalue weighted by Crippen LogP contribution is -2.23. The summed E-state index contributed by atoms with van der Waals surface area (Å²) in [5, 5.41) is 9.08. The molecule has 4 nitrogen and oxygen atoms in total. The number of rotatable bonds is 5. The van der Waals surface area contributed by atoms with Crippen molar-refractivity contribution >= 4 is 0 Å². The van der Waals surface area contributed by atoms with Crippen molar-refractivity contribution in [1.29, 1.82) is 5.26 Å². The highest BCUT2D eigenvalue weighted by molar-refractivity contribution is 5.43. The van der Waals surface area contributed by atoms with Crippen LogP contribution >= 0.6 is 0 Å². The fourth-order valence-electron chi connectivity index (χ4n) is 3.44. The molecule has 0 N–H and O–H groups in total. The Labute approximate surface area is 143 Å². The summed E-state index contributed by atoms with van der Waals surface area (Å²) in [5.74, 6) is 1.68. The van der Waals surface area contributed by atoms with Gasteiger partial charge >= 0.3 is 0 Å². The SMILES string of the molecule is COc1ccc([C@H]2CCCN2Cc2cccc(C#N)c2)c(OC)c1. The number of ether oxygens (including phenoxy) is 2. The second kappa shape index (κ2) is 7.37. The quantitative estimate of drug-likeness (QED) is 0.837. The van der Waals surface area contributed by atoms with E-state index < -0.39 is 0 Å². The van der Waals surface area contributed by atoms with E-state index in [1.54, 1.807) is 14.2 Å². The second-order valence-electron chi connectivity index (χ2n) is 6.05. The maximum atomic E-state index is 9.08. The van der Waals surface area contributed by atoms with Crippen LogP contribution in [-0.4, -0.2) is 25.7 Å². The highest BCUT2D eigenvalue weighted by Gasteiger charge is 2.28. The van der Waals surface area contributed by atoms with Gasteiger partial charge in [0.05, 0.1) is 25.9 Å². The molecule has 1 atom stereocenters. The highest BCUT2D eigenvalue weighted by Crippen LogP contribution is 2.39. The Morgan fingerprint density at radius 3 is 2.79 bits per heavy atom. The van der Waals surface area contributed by atoms with Crippen LogP contribution in [-0.2, 0) is 6.54 Å². The van der Waals surface area contributed by atoms with Gasteiger partial charge in [0.1, 0.15) is 11.5 Å². The minimum atomic E-state index is 0.330. The fourth-order valence-corrected chi connectivity index (χ4v) is 3.44. The number of likely N-dealkylation sites (tertiary alicyclic amines) is 1. The number of methoxy groups -OCH3 is 2. The molecule has 0 radical (unpaired) electrons. The molecule has 24 heavy (non-hydrogen) atoms. The highest BCUT2D eigenvalue weighted by atomic mass is 16.5. The largest absolute Gasteiger partial charge is 0.497 e. The van der Waals surface area contributed by atoms with Gasteiger partial charge in [0.2, 0.25) is 0 Å². The van der Waals surface area contributed by atoms with Gasteiger partial charge < -0.3 is 9.47 Å². The topological polar surface area (TPSA) is 45.5 Å². The van der Waals surface area contributed by atoms with E-state index in [4.69, 9.17) is 14.7 Å². The van der Waals surface area contributed by atoms with Crippen LogP contribution in [0.3, 0.4) is 0 Å². The van der Waals surface area contributed by atoms with Crippen LogP contribution in [0, 0.1) is 11.3 Å². The van der Waals surface area contributed by atoms with Gasteiger partial charge in [-0.05, 0) is 43.1 Å². The first-order valence-corrected chi connectivity index (χ1v) is 8.20. The summed E-state index contributed by atoms with van der Waals surface area (Å²) in [5.41, 5.74) is 3.09. The molecule has 2 aromatic rings. The zero-order valence-corrected chi connectivity index (χ0v) is 14.2. The molecule has 1 aliphatic heterocycles. The molecule has 0 unspecified atom stereocenters. The number of nitriles is 1. The molecular weight excluding hydrogens is 300 g/mol. The minimum absolute atomic E-state index is 0.330. The molecule has 0 spiro atoms. The standard InChI is InChI=1S/C20H22N2O2/c1-23-17-8-9-18(20(12-17)24-2)19-7-4-10-22(19)14-16-6-3-5-15(11-16)13-21/h3,5-6,8-9,11-12,19H,4,7,10,14H2,1-2H3/t19-/m1/s1. The summed E-state index contributed by atoms with van der Waals surface area (Å²) < 4.78 is 10.9. The molecule has 0 aromatic heterocycles. The maximum absolute atomic E-state index is 9.08. The second-order valence-corrected chi connectivity index (χ2v) is 6.05. The first-order valence-electron chi connectivity index (χ1n) is 8.20. The lowest BCUT2D eigenvalue weighted by atomic mass is 10.0. The van der Waals surface area contributed by atoms with Gasteiger partial charge in [-0.1, -0.05) is 18.2 Å². The van der Waals surface area contributed by atoms with Gasteiger partial charge in [-0.25, -0.2) is 0 Å². The van der Waals surface area contributed by atoms with E-state index in [0.717, 1.165) is 37.4 Å². The van der Waals surface area contributed by atoms with Gasteiger partial charge in [-0.2, -0.15) is 5.26 Å². The third kappa shape index (κ3) is 3.37. The van der Waals surface area contributed by atoms with E-state index in [1.807, 2.05) is 30.3 Å². The van der Waals surface area contributed by atoms with E-state index in [9.17, 15) is 0 Å². The Kier molecular flexibility index (Phi) is 5.02. The molecule has 1 fully saturated rings. The van der Waals surface area contributed by atoms with Crippen LogP contribution in [0.15, 0.2) is 42.5 Å². The van der Waals surface area contributed by atoms with Gasteiger partial charge in [0.15, 0.2) is 0 Å². The number of benzene rings is 2. The van der Waals surface area contributed by atoms with E-state index in [2.05, 4.69) is 23.1 Å². The summed E-state index contributed by atoms with van der Waals surface area (Å²) in [6, 6.07) is 16.4. The van der Waals surface area contributed by atoms with Crippen LogP contribution in [0.25, 0.3) is 0 Å². The molecule has 4 heteroatoms. The lowest BCUT2D eigenvalue weighted by molar-refractivity contribution is 0.242. The molecule has 0 bridgehead atoms. The van der Waals surface area contributed by atoms with Crippen LogP contribution in [0.1, 0.15) is 35.6 Å². The molecule has 1 saturated heterocycles. The maximum Gasteiger partial charge on any atom is 0.127 e. The fraction of sp³-hybridized carbons (Fsp3) is 0.350. The third-order valence-corrected chi connectivity index (χ3v) is 4.61. The molecule has 0 amide bonds. The van der Waals surface area contributed by atoms with Gasteiger partial charge in [0, 0.05) is 24.2 Å². The van der Waals surface area contributed by atoms with Crippen LogP contribution in [0.5, 0.6) is 11.5 Å². The summed E-state index contributed by atoms with van der Waals surface area (Å²) >= 11 is 0. The number of nitrogens with zero attached hydrogens (tertiary/aromatic N) is 2. The normalized spacial score (nSPS) is 17.5. The Morgan fingerprint density at radius 1 is 1.17 bits per heavy atom. The Hall–Kier alpha value is -2.51. The molecule has 1 aliphatic rings. The zero-order valence-electron chi connectivity index (χ0n) is 14.2. The molecule has 124 valence electrons. The van der Waals surface area contributed by atoms with Crippen molar-refractivity contribution in [2.24, 2.45) is 0 Å². The molecule has 2 aromatic carbocycles. The Morgan fingerprint density at radius 2 is 2.04 bits per heavy atom. The van der Waals surface area contributed by atoms with Gasteiger partial charge in [-0.15, -0.1) is 0 Å². The van der Waals surface area contributed by atoms with E-state index in [0.29, 0.717) is 11.6 Å². The summed E-state index contributed by atoms with van der Waals surface area (Å²) in [6.45, 7) is 1.89. The van der Waals surface area contributed by atoms with E-state index in [1.165, 1.54) is 11.1 Å². The van der Waals surface area contributed by atoms with Crippen molar-refractivity contribution in [3.05, 3.63) is 59.2 Å². The van der Waals surface area contributed by atoms with Gasteiger partial charge in [-0.3, -0.25) is 4.90 Å². The zero-order chi connectivity index (χ0) is 16.9. The monoisotopic (exact) mass is 322 g/mol. The van der Waals surface area contributed by atoms with Crippen molar-refractivity contribution in [2.45, 2.75) is 25.4 Å². The van der Waals surface area contributed by atoms with Crippen LogP contribution < -0.4 is 9.47 Å².